The minimum atomic E-state index is -0.792. The molecule has 2 aromatic heterocycles. The van der Waals surface area contributed by atoms with E-state index in [1.54, 1.807) is 45.0 Å². The highest BCUT2D eigenvalue weighted by Crippen LogP contribution is 2.22. The average molecular weight is 369 g/mol. The summed E-state index contributed by atoms with van der Waals surface area (Å²) in [6.45, 7) is 4.91. The van der Waals surface area contributed by atoms with Crippen molar-refractivity contribution in [2.45, 2.75) is 26.9 Å². The van der Waals surface area contributed by atoms with E-state index in [1.165, 1.54) is 7.11 Å². The molecule has 8 nitrogen and oxygen atoms in total. The van der Waals surface area contributed by atoms with E-state index >= 15 is 0 Å². The summed E-state index contributed by atoms with van der Waals surface area (Å²) in [5.74, 6) is -0.955. The van der Waals surface area contributed by atoms with Crippen LogP contribution < -0.4 is 5.56 Å². The van der Waals surface area contributed by atoms with Crippen molar-refractivity contribution >= 4 is 22.8 Å². The van der Waals surface area contributed by atoms with Gasteiger partial charge in [0.25, 0.3) is 5.56 Å². The van der Waals surface area contributed by atoms with Gasteiger partial charge in [-0.15, -0.1) is 0 Å². The predicted octanol–water partition coefficient (Wildman–Crippen LogP) is 2.57. The summed E-state index contributed by atoms with van der Waals surface area (Å²) in [5.41, 5.74) is 1.61. The molecule has 3 rings (SSSR count). The van der Waals surface area contributed by atoms with Crippen LogP contribution in [0.2, 0.25) is 0 Å². The zero-order valence-corrected chi connectivity index (χ0v) is 15.4. The number of hydrogen-bond acceptors (Lipinski definition) is 6. The van der Waals surface area contributed by atoms with Crippen LogP contribution in [-0.2, 0) is 9.47 Å². The number of aromatic amines is 2. The lowest BCUT2D eigenvalue weighted by Crippen LogP contribution is -2.18. The Morgan fingerprint density at radius 3 is 2.52 bits per heavy atom. The van der Waals surface area contributed by atoms with Gasteiger partial charge in [0, 0.05) is 5.69 Å². The van der Waals surface area contributed by atoms with Crippen molar-refractivity contribution in [3.05, 3.63) is 63.0 Å². The summed E-state index contributed by atoms with van der Waals surface area (Å²) >= 11 is 0. The zero-order chi connectivity index (χ0) is 19.7. The molecule has 0 aliphatic heterocycles. The Morgan fingerprint density at radius 2 is 1.81 bits per heavy atom. The molecule has 8 heteroatoms. The number of nitrogens with one attached hydrogen (secondary N) is 2. The van der Waals surface area contributed by atoms with E-state index in [9.17, 15) is 14.4 Å². The number of methoxy groups -OCH3 is 1. The molecule has 0 fully saturated rings. The third-order valence-electron chi connectivity index (χ3n) is 4.33. The highest BCUT2D eigenvalue weighted by Gasteiger charge is 2.25. The van der Waals surface area contributed by atoms with Crippen LogP contribution in [0.4, 0.5) is 0 Å². The molecule has 140 valence electrons. The van der Waals surface area contributed by atoms with Gasteiger partial charge in [0.15, 0.2) is 11.9 Å². The third kappa shape index (κ3) is 3.33. The smallest absolute Gasteiger partial charge is 0.355 e. The second kappa shape index (κ2) is 7.06. The number of benzene rings is 1. The first-order valence-electron chi connectivity index (χ1n) is 8.31. The summed E-state index contributed by atoms with van der Waals surface area (Å²) in [5, 5.41) is 0.457. The Bertz CT molecular complexity index is 1100. The summed E-state index contributed by atoms with van der Waals surface area (Å²) < 4.78 is 10.2. The highest BCUT2D eigenvalue weighted by atomic mass is 16.5. The SMILES string of the molecule is COC(=O)c1c(C)[nH]c(C(=O)OC(C)c2nc3ccccc3c(=O)[nH]2)c1C. The molecule has 2 N–H and O–H groups in total. The molecule has 27 heavy (non-hydrogen) atoms. The van der Waals surface area contributed by atoms with E-state index in [1.807, 2.05) is 0 Å². The zero-order valence-electron chi connectivity index (χ0n) is 15.4. The quantitative estimate of drug-likeness (QED) is 0.683. The van der Waals surface area contributed by atoms with E-state index < -0.39 is 18.0 Å². The number of H-pyrrole nitrogens is 2. The van der Waals surface area contributed by atoms with Gasteiger partial charge in [-0.05, 0) is 38.5 Å². The number of nitrogens with zero attached hydrogens (tertiary/aromatic N) is 1. The standard InChI is InChI=1S/C19H19N3O5/c1-9-14(18(24)26-4)10(2)20-15(9)19(25)27-11(3)16-21-13-8-6-5-7-12(13)17(23)22-16/h5-8,11,20H,1-4H3,(H,21,22,23). The van der Waals surface area contributed by atoms with Crippen molar-refractivity contribution in [1.29, 1.82) is 0 Å². The van der Waals surface area contributed by atoms with Gasteiger partial charge in [-0.3, -0.25) is 4.79 Å². The number of aryl methyl sites for hydroxylation is 1. The number of para-hydroxylation sites is 1. The van der Waals surface area contributed by atoms with Gasteiger partial charge >= 0.3 is 11.9 Å². The maximum atomic E-state index is 12.5. The molecule has 0 amide bonds. The van der Waals surface area contributed by atoms with Crippen LogP contribution in [-0.4, -0.2) is 34.0 Å². The lowest BCUT2D eigenvalue weighted by Gasteiger charge is -2.13. The molecule has 0 saturated carbocycles. The lowest BCUT2D eigenvalue weighted by atomic mass is 10.1. The van der Waals surface area contributed by atoms with Gasteiger partial charge in [-0.25, -0.2) is 14.6 Å². The van der Waals surface area contributed by atoms with E-state index in [0.717, 1.165) is 0 Å². The topological polar surface area (TPSA) is 114 Å². The Labute approximate surface area is 154 Å². The number of hydrogen-bond donors (Lipinski definition) is 2. The van der Waals surface area contributed by atoms with Crippen LogP contribution in [0.25, 0.3) is 10.9 Å². The minimum absolute atomic E-state index is 0.155. The molecule has 1 aromatic carbocycles. The van der Waals surface area contributed by atoms with E-state index in [4.69, 9.17) is 9.47 Å². The van der Waals surface area contributed by atoms with Crippen molar-refractivity contribution in [1.82, 2.24) is 15.0 Å². The van der Waals surface area contributed by atoms with Gasteiger partial charge in [0.1, 0.15) is 5.69 Å². The molecule has 1 unspecified atom stereocenters. The van der Waals surface area contributed by atoms with Crippen LogP contribution >= 0.6 is 0 Å². The van der Waals surface area contributed by atoms with Crippen LogP contribution in [0.15, 0.2) is 29.1 Å². The van der Waals surface area contributed by atoms with Crippen molar-refractivity contribution < 1.29 is 19.1 Å². The van der Waals surface area contributed by atoms with Gasteiger partial charge < -0.3 is 19.4 Å². The molecule has 0 aliphatic carbocycles. The fourth-order valence-corrected chi connectivity index (χ4v) is 2.93. The van der Waals surface area contributed by atoms with Crippen molar-refractivity contribution in [3.8, 4) is 0 Å². The second-order valence-corrected chi connectivity index (χ2v) is 6.13. The first-order chi connectivity index (χ1) is 12.8. The van der Waals surface area contributed by atoms with Crippen molar-refractivity contribution in [2.75, 3.05) is 7.11 Å². The Hall–Kier alpha value is -3.42. The Morgan fingerprint density at radius 1 is 1.11 bits per heavy atom. The third-order valence-corrected chi connectivity index (χ3v) is 4.33. The number of carbonyl (C=O) groups excluding carboxylic acids is 2. The molecule has 0 radical (unpaired) electrons. The van der Waals surface area contributed by atoms with Gasteiger partial charge in [-0.2, -0.15) is 0 Å². The summed E-state index contributed by atoms with van der Waals surface area (Å²) in [6, 6.07) is 6.90. The molecular formula is C19H19N3O5. The molecule has 3 aromatic rings. The highest BCUT2D eigenvalue weighted by molar-refractivity contribution is 5.98. The first kappa shape index (κ1) is 18.4. The van der Waals surface area contributed by atoms with Gasteiger partial charge in [0.05, 0.1) is 23.6 Å². The molecule has 0 saturated heterocycles. The molecular weight excluding hydrogens is 350 g/mol. The largest absolute Gasteiger partial charge is 0.465 e. The normalized spacial score (nSPS) is 12.0. The van der Waals surface area contributed by atoms with Crippen molar-refractivity contribution in [2.24, 2.45) is 0 Å². The minimum Gasteiger partial charge on any atom is -0.465 e. The monoisotopic (exact) mass is 369 g/mol. The molecule has 0 aliphatic rings. The predicted molar refractivity (Wildman–Crippen MR) is 97.8 cm³/mol. The van der Waals surface area contributed by atoms with E-state index in [2.05, 4.69) is 15.0 Å². The lowest BCUT2D eigenvalue weighted by molar-refractivity contribution is 0.0312. The average Bonchev–Trinajstić information content (AvgIpc) is 2.95. The number of fused-ring (bicyclic) bond motifs is 1. The number of ether oxygens (including phenoxy) is 2. The summed E-state index contributed by atoms with van der Waals surface area (Å²) in [7, 11) is 1.27. The van der Waals surface area contributed by atoms with Crippen molar-refractivity contribution in [3.63, 3.8) is 0 Å². The summed E-state index contributed by atoms with van der Waals surface area (Å²) in [4.78, 5) is 46.4. The maximum Gasteiger partial charge on any atom is 0.355 e. The fourth-order valence-electron chi connectivity index (χ4n) is 2.93. The molecule has 1 atom stereocenters. The number of esters is 2. The fraction of sp³-hybridized carbons (Fsp3) is 0.263. The van der Waals surface area contributed by atoms with Crippen LogP contribution in [0.1, 0.15) is 51.0 Å². The first-order valence-corrected chi connectivity index (χ1v) is 8.31. The Kier molecular flexibility index (Phi) is 4.81. The number of carbonyl (C=O) groups is 2. The summed E-state index contributed by atoms with van der Waals surface area (Å²) in [6.07, 6.45) is -0.792. The van der Waals surface area contributed by atoms with Crippen LogP contribution in [0, 0.1) is 13.8 Å². The molecule has 2 heterocycles. The van der Waals surface area contributed by atoms with E-state index in [0.29, 0.717) is 27.7 Å². The molecule has 0 bridgehead atoms. The van der Waals surface area contributed by atoms with Gasteiger partial charge in [0.2, 0.25) is 0 Å². The number of aromatic nitrogens is 3. The Balaban J connectivity index is 1.89. The van der Waals surface area contributed by atoms with Gasteiger partial charge in [-0.1, -0.05) is 12.1 Å². The second-order valence-electron chi connectivity index (χ2n) is 6.13. The number of rotatable bonds is 4. The molecule has 0 spiro atoms. The van der Waals surface area contributed by atoms with Crippen LogP contribution in [0.3, 0.4) is 0 Å². The van der Waals surface area contributed by atoms with Crippen LogP contribution in [0.5, 0.6) is 0 Å². The maximum absolute atomic E-state index is 12.5. The van der Waals surface area contributed by atoms with E-state index in [-0.39, 0.29) is 17.1 Å².